The minimum Gasteiger partial charge on any atom is -0.507 e. The molecule has 2 aromatic carbocycles. The van der Waals surface area contributed by atoms with E-state index in [0.29, 0.717) is 11.5 Å². The van der Waals surface area contributed by atoms with Crippen molar-refractivity contribution in [3.05, 3.63) is 69.8 Å². The molecule has 2 aromatic rings. The second-order valence-electron chi connectivity index (χ2n) is 6.01. The minimum absolute atomic E-state index is 0.112. The zero-order chi connectivity index (χ0) is 16.4. The Morgan fingerprint density at radius 1 is 0.727 bits per heavy atom. The molecule has 0 spiro atoms. The molecule has 0 unspecified atom stereocenters. The maximum atomic E-state index is 9.99. The summed E-state index contributed by atoms with van der Waals surface area (Å²) in [6.07, 6.45) is 4.19. The van der Waals surface area contributed by atoms with Gasteiger partial charge in [0.1, 0.15) is 11.5 Å². The number of phenolic OH excluding ortho intramolecular Hbond substituents is 2. The molecule has 2 heteroatoms. The molecule has 0 saturated heterocycles. The average Bonchev–Trinajstić information content (AvgIpc) is 2.47. The number of allylic oxidation sites excluding steroid dienone is 2. The van der Waals surface area contributed by atoms with Crippen LogP contribution in [0.2, 0.25) is 0 Å². The van der Waals surface area contributed by atoms with E-state index in [2.05, 4.69) is 6.08 Å². The Labute approximate surface area is 132 Å². The Kier molecular flexibility index (Phi) is 4.60. The van der Waals surface area contributed by atoms with E-state index in [4.69, 9.17) is 0 Å². The van der Waals surface area contributed by atoms with Gasteiger partial charge in [0.05, 0.1) is 0 Å². The smallest absolute Gasteiger partial charge is 0.121 e. The van der Waals surface area contributed by atoms with Gasteiger partial charge < -0.3 is 10.2 Å². The Bertz CT molecular complexity index is 623. The summed E-state index contributed by atoms with van der Waals surface area (Å²) in [7, 11) is 0. The van der Waals surface area contributed by atoms with E-state index < -0.39 is 0 Å². The first-order valence-electron chi connectivity index (χ1n) is 7.58. The third-order valence-electron chi connectivity index (χ3n) is 4.13. The fourth-order valence-corrected chi connectivity index (χ4v) is 2.95. The molecule has 0 aromatic heterocycles. The molecule has 0 aliphatic heterocycles. The van der Waals surface area contributed by atoms with Crippen molar-refractivity contribution in [3.8, 4) is 11.5 Å². The summed E-state index contributed by atoms with van der Waals surface area (Å²) in [6, 6.07) is 8.13. The lowest BCUT2D eigenvalue weighted by Gasteiger charge is -2.18. The summed E-state index contributed by atoms with van der Waals surface area (Å²) in [5.41, 5.74) is 5.84. The van der Waals surface area contributed by atoms with Crippen molar-refractivity contribution in [2.75, 3.05) is 0 Å². The predicted octanol–water partition coefficient (Wildman–Crippen LogP) is 5.04. The normalized spacial score (nSPS) is 11.5. The molecule has 0 saturated carbocycles. The quantitative estimate of drug-likeness (QED) is 0.779. The predicted molar refractivity (Wildman–Crippen MR) is 91.8 cm³/mol. The van der Waals surface area contributed by atoms with Crippen LogP contribution in [0.4, 0.5) is 0 Å². The van der Waals surface area contributed by atoms with E-state index in [-0.39, 0.29) is 5.92 Å². The Balaban J connectivity index is 2.61. The van der Waals surface area contributed by atoms with Crippen LogP contribution in [-0.4, -0.2) is 10.2 Å². The van der Waals surface area contributed by atoms with Crippen LogP contribution < -0.4 is 0 Å². The number of rotatable bonds is 3. The van der Waals surface area contributed by atoms with Gasteiger partial charge in [-0.1, -0.05) is 36.4 Å². The molecule has 2 N–H and O–H groups in total. The van der Waals surface area contributed by atoms with Crippen LogP contribution in [0.15, 0.2) is 36.4 Å². The second-order valence-corrected chi connectivity index (χ2v) is 6.01. The Morgan fingerprint density at radius 2 is 1.05 bits per heavy atom. The lowest BCUT2D eigenvalue weighted by molar-refractivity contribution is 0.466. The molecule has 0 radical (unpaired) electrons. The first-order chi connectivity index (χ1) is 10.3. The lowest BCUT2D eigenvalue weighted by atomic mass is 9.87. The molecule has 0 fully saturated rings. The monoisotopic (exact) mass is 296 g/mol. The SMILES string of the molecule is CC=CC(c1cc(C)c(O)c(C)c1)c1cc(C)c(O)c(C)c1. The van der Waals surface area contributed by atoms with E-state index in [9.17, 15) is 10.2 Å². The Morgan fingerprint density at radius 3 is 1.32 bits per heavy atom. The van der Waals surface area contributed by atoms with Crippen LogP contribution >= 0.6 is 0 Å². The Hall–Kier alpha value is -2.22. The summed E-state index contributed by atoms with van der Waals surface area (Å²) < 4.78 is 0. The van der Waals surface area contributed by atoms with Crippen molar-refractivity contribution in [3.63, 3.8) is 0 Å². The number of aryl methyl sites for hydroxylation is 4. The van der Waals surface area contributed by atoms with Crippen molar-refractivity contribution < 1.29 is 10.2 Å². The molecule has 0 aliphatic rings. The highest BCUT2D eigenvalue weighted by Gasteiger charge is 2.16. The van der Waals surface area contributed by atoms with Gasteiger partial charge in [-0.05, 0) is 68.0 Å². The van der Waals surface area contributed by atoms with Crippen molar-refractivity contribution in [2.45, 2.75) is 40.5 Å². The molecular formula is C20H24O2. The van der Waals surface area contributed by atoms with Crippen LogP contribution in [0.3, 0.4) is 0 Å². The number of benzene rings is 2. The van der Waals surface area contributed by atoms with Gasteiger partial charge in [-0.15, -0.1) is 0 Å². The van der Waals surface area contributed by atoms with Gasteiger partial charge in [0.25, 0.3) is 0 Å². The largest absolute Gasteiger partial charge is 0.507 e. The third kappa shape index (κ3) is 3.01. The van der Waals surface area contributed by atoms with Crippen LogP contribution in [0.25, 0.3) is 0 Å². The molecular weight excluding hydrogens is 272 g/mol. The molecule has 2 nitrogen and oxygen atoms in total. The molecule has 0 aliphatic carbocycles. The van der Waals surface area contributed by atoms with Crippen LogP contribution in [0.1, 0.15) is 46.2 Å². The highest BCUT2D eigenvalue weighted by atomic mass is 16.3. The van der Waals surface area contributed by atoms with Gasteiger partial charge in [0.15, 0.2) is 0 Å². The lowest BCUT2D eigenvalue weighted by Crippen LogP contribution is -2.01. The van der Waals surface area contributed by atoms with Crippen LogP contribution in [0, 0.1) is 27.7 Å². The zero-order valence-corrected chi connectivity index (χ0v) is 13.9. The number of hydrogen-bond donors (Lipinski definition) is 2. The van der Waals surface area contributed by atoms with Gasteiger partial charge in [-0.3, -0.25) is 0 Å². The number of hydrogen-bond acceptors (Lipinski definition) is 2. The van der Waals surface area contributed by atoms with Gasteiger partial charge in [-0.2, -0.15) is 0 Å². The first kappa shape index (κ1) is 16.2. The molecule has 0 atom stereocenters. The van der Waals surface area contributed by atoms with Gasteiger partial charge in [0.2, 0.25) is 0 Å². The van der Waals surface area contributed by atoms with Crippen LogP contribution in [0.5, 0.6) is 11.5 Å². The fourth-order valence-electron chi connectivity index (χ4n) is 2.95. The number of phenols is 2. The van der Waals surface area contributed by atoms with E-state index in [1.165, 1.54) is 0 Å². The summed E-state index contributed by atoms with van der Waals surface area (Å²) in [5, 5.41) is 20.0. The third-order valence-corrected chi connectivity index (χ3v) is 4.13. The van der Waals surface area contributed by atoms with E-state index in [1.807, 2.05) is 65.0 Å². The summed E-state index contributed by atoms with van der Waals surface area (Å²) in [6.45, 7) is 9.70. The first-order valence-corrected chi connectivity index (χ1v) is 7.58. The molecule has 0 amide bonds. The topological polar surface area (TPSA) is 40.5 Å². The van der Waals surface area contributed by atoms with E-state index in [1.54, 1.807) is 0 Å². The van der Waals surface area contributed by atoms with Gasteiger partial charge in [-0.25, -0.2) is 0 Å². The van der Waals surface area contributed by atoms with Crippen molar-refractivity contribution >= 4 is 0 Å². The summed E-state index contributed by atoms with van der Waals surface area (Å²) in [4.78, 5) is 0. The molecule has 0 heterocycles. The summed E-state index contributed by atoms with van der Waals surface area (Å²) in [5.74, 6) is 0.836. The molecule has 22 heavy (non-hydrogen) atoms. The minimum atomic E-state index is 0.112. The molecule has 0 bridgehead atoms. The zero-order valence-electron chi connectivity index (χ0n) is 13.9. The molecule has 2 rings (SSSR count). The van der Waals surface area contributed by atoms with E-state index in [0.717, 1.165) is 33.4 Å². The molecule has 116 valence electrons. The standard InChI is InChI=1S/C20H24O2/c1-6-7-18(16-8-12(2)19(21)13(3)9-16)17-10-14(4)20(22)15(5)11-17/h6-11,18,21-22H,1-5H3. The van der Waals surface area contributed by atoms with Crippen molar-refractivity contribution in [1.82, 2.24) is 0 Å². The van der Waals surface area contributed by atoms with E-state index >= 15 is 0 Å². The number of aromatic hydroxyl groups is 2. The average molecular weight is 296 g/mol. The van der Waals surface area contributed by atoms with Gasteiger partial charge in [0, 0.05) is 5.92 Å². The van der Waals surface area contributed by atoms with Crippen molar-refractivity contribution in [1.29, 1.82) is 0 Å². The van der Waals surface area contributed by atoms with Gasteiger partial charge >= 0.3 is 0 Å². The van der Waals surface area contributed by atoms with Crippen molar-refractivity contribution in [2.24, 2.45) is 0 Å². The highest BCUT2D eigenvalue weighted by Crippen LogP contribution is 2.34. The highest BCUT2D eigenvalue weighted by molar-refractivity contribution is 5.50. The summed E-state index contributed by atoms with van der Waals surface area (Å²) >= 11 is 0. The maximum Gasteiger partial charge on any atom is 0.121 e. The maximum absolute atomic E-state index is 9.99. The second kappa shape index (κ2) is 6.27. The van der Waals surface area contributed by atoms with Crippen LogP contribution in [-0.2, 0) is 0 Å². The fraction of sp³-hybridized carbons (Fsp3) is 0.300.